The minimum absolute atomic E-state index is 0.0588. The topological polar surface area (TPSA) is 73.4 Å². The van der Waals surface area contributed by atoms with Gasteiger partial charge in [-0.3, -0.25) is 9.36 Å². The second-order valence-electron chi connectivity index (χ2n) is 7.26. The standard InChI is InChI=1S/C24H23FN4O3S/c1-28(13-15-31-20-11-9-19(25)10-12-20)22(30)17-33-24-27-26-23(21-8-5-14-32-21)29(24)16-18-6-3-2-4-7-18/h2-12,14H,13,15-17H2,1H3. The third-order valence-electron chi connectivity index (χ3n) is 4.90. The summed E-state index contributed by atoms with van der Waals surface area (Å²) in [5, 5.41) is 9.23. The Labute approximate surface area is 195 Å². The van der Waals surface area contributed by atoms with E-state index < -0.39 is 0 Å². The Hall–Kier alpha value is -3.59. The minimum Gasteiger partial charge on any atom is -0.492 e. The number of carbonyl (C=O) groups is 1. The smallest absolute Gasteiger partial charge is 0.232 e. The van der Waals surface area contributed by atoms with Crippen LogP contribution in [0.15, 0.2) is 82.6 Å². The molecule has 33 heavy (non-hydrogen) atoms. The molecule has 0 fully saturated rings. The summed E-state index contributed by atoms with van der Waals surface area (Å²) < 4.78 is 26.0. The summed E-state index contributed by atoms with van der Waals surface area (Å²) in [6.07, 6.45) is 1.59. The second-order valence-corrected chi connectivity index (χ2v) is 8.20. The minimum atomic E-state index is -0.318. The summed E-state index contributed by atoms with van der Waals surface area (Å²) >= 11 is 1.33. The van der Waals surface area contributed by atoms with Crippen molar-refractivity contribution >= 4 is 17.7 Å². The van der Waals surface area contributed by atoms with Crippen molar-refractivity contribution in [3.8, 4) is 17.3 Å². The number of carbonyl (C=O) groups excluding carboxylic acids is 1. The van der Waals surface area contributed by atoms with E-state index in [2.05, 4.69) is 10.2 Å². The van der Waals surface area contributed by atoms with Crippen molar-refractivity contribution in [2.75, 3.05) is 26.0 Å². The van der Waals surface area contributed by atoms with Crippen LogP contribution in [0.3, 0.4) is 0 Å². The van der Waals surface area contributed by atoms with E-state index in [9.17, 15) is 9.18 Å². The molecule has 0 saturated carbocycles. The van der Waals surface area contributed by atoms with Crippen LogP contribution in [0.4, 0.5) is 4.39 Å². The maximum Gasteiger partial charge on any atom is 0.232 e. The number of halogens is 1. The lowest BCUT2D eigenvalue weighted by atomic mass is 10.2. The highest BCUT2D eigenvalue weighted by molar-refractivity contribution is 7.99. The van der Waals surface area contributed by atoms with E-state index in [1.54, 1.807) is 36.4 Å². The van der Waals surface area contributed by atoms with Crippen LogP contribution in [0.25, 0.3) is 11.6 Å². The van der Waals surface area contributed by atoms with Crippen LogP contribution in [0, 0.1) is 5.82 Å². The third kappa shape index (κ3) is 6.01. The van der Waals surface area contributed by atoms with E-state index in [0.717, 1.165) is 5.56 Å². The van der Waals surface area contributed by atoms with Crippen molar-refractivity contribution in [3.05, 3.63) is 84.4 Å². The predicted octanol–water partition coefficient (Wildman–Crippen LogP) is 4.36. The zero-order chi connectivity index (χ0) is 23.0. The van der Waals surface area contributed by atoms with Crippen molar-refractivity contribution in [1.82, 2.24) is 19.7 Å². The summed E-state index contributed by atoms with van der Waals surface area (Å²) in [5.74, 6) is 1.62. The van der Waals surface area contributed by atoms with Gasteiger partial charge < -0.3 is 14.1 Å². The number of amides is 1. The normalized spacial score (nSPS) is 10.8. The Kier molecular flexibility index (Phi) is 7.41. The van der Waals surface area contributed by atoms with Gasteiger partial charge in [-0.15, -0.1) is 10.2 Å². The van der Waals surface area contributed by atoms with Crippen molar-refractivity contribution < 1.29 is 18.3 Å². The van der Waals surface area contributed by atoms with E-state index in [-0.39, 0.29) is 17.5 Å². The van der Waals surface area contributed by atoms with Crippen molar-refractivity contribution in [3.63, 3.8) is 0 Å². The summed E-state index contributed by atoms with van der Waals surface area (Å²) in [6.45, 7) is 1.28. The maximum atomic E-state index is 13.0. The molecule has 0 aliphatic rings. The highest BCUT2D eigenvalue weighted by atomic mass is 32.2. The Morgan fingerprint density at radius 2 is 1.88 bits per heavy atom. The highest BCUT2D eigenvalue weighted by Gasteiger charge is 2.19. The van der Waals surface area contributed by atoms with Gasteiger partial charge in [-0.05, 0) is 42.0 Å². The summed E-state index contributed by atoms with van der Waals surface area (Å²) in [4.78, 5) is 14.2. The molecule has 0 atom stereocenters. The first kappa shape index (κ1) is 22.6. The van der Waals surface area contributed by atoms with E-state index in [0.29, 0.717) is 42.2 Å². The van der Waals surface area contributed by atoms with Gasteiger partial charge in [0, 0.05) is 7.05 Å². The molecule has 0 bridgehead atoms. The van der Waals surface area contributed by atoms with Crippen molar-refractivity contribution in [2.45, 2.75) is 11.7 Å². The van der Waals surface area contributed by atoms with E-state index >= 15 is 0 Å². The molecule has 9 heteroatoms. The predicted molar refractivity (Wildman–Crippen MR) is 124 cm³/mol. The molecular weight excluding hydrogens is 443 g/mol. The van der Waals surface area contributed by atoms with Gasteiger partial charge in [-0.1, -0.05) is 42.1 Å². The van der Waals surface area contributed by atoms with Crippen molar-refractivity contribution in [1.29, 1.82) is 0 Å². The lowest BCUT2D eigenvalue weighted by Crippen LogP contribution is -2.32. The lowest BCUT2D eigenvalue weighted by molar-refractivity contribution is -0.127. The molecule has 0 saturated heterocycles. The van der Waals surface area contributed by atoms with Crippen LogP contribution < -0.4 is 4.74 Å². The Morgan fingerprint density at radius 1 is 1.09 bits per heavy atom. The maximum absolute atomic E-state index is 13.0. The van der Waals surface area contributed by atoms with E-state index in [4.69, 9.17) is 9.15 Å². The highest BCUT2D eigenvalue weighted by Crippen LogP contribution is 2.25. The largest absolute Gasteiger partial charge is 0.492 e. The van der Waals surface area contributed by atoms with Gasteiger partial charge in [-0.25, -0.2) is 4.39 Å². The second kappa shape index (κ2) is 10.8. The fourth-order valence-corrected chi connectivity index (χ4v) is 3.96. The molecule has 1 amide bonds. The van der Waals surface area contributed by atoms with Crippen LogP contribution in [0.5, 0.6) is 5.75 Å². The molecule has 0 N–H and O–H groups in total. The number of aromatic nitrogens is 3. The number of benzene rings is 2. The number of hydrogen-bond acceptors (Lipinski definition) is 6. The number of nitrogens with zero attached hydrogens (tertiary/aromatic N) is 4. The Balaban J connectivity index is 1.36. The van der Waals surface area contributed by atoms with Gasteiger partial charge >= 0.3 is 0 Å². The first-order chi connectivity index (χ1) is 16.1. The van der Waals surface area contributed by atoms with Gasteiger partial charge in [0.05, 0.1) is 25.1 Å². The zero-order valence-corrected chi connectivity index (χ0v) is 18.9. The van der Waals surface area contributed by atoms with Crippen LogP contribution in [0.2, 0.25) is 0 Å². The number of furan rings is 1. The first-order valence-corrected chi connectivity index (χ1v) is 11.3. The SMILES string of the molecule is CN(CCOc1ccc(F)cc1)C(=O)CSc1nnc(-c2ccco2)n1Cc1ccccc1. The zero-order valence-electron chi connectivity index (χ0n) is 18.1. The molecular formula is C24H23FN4O3S. The monoisotopic (exact) mass is 466 g/mol. The molecule has 2 aromatic carbocycles. The summed E-state index contributed by atoms with van der Waals surface area (Å²) in [6, 6.07) is 19.4. The molecule has 170 valence electrons. The molecule has 7 nitrogen and oxygen atoms in total. The molecule has 0 radical (unpaired) electrons. The number of rotatable bonds is 10. The number of ether oxygens (including phenoxy) is 1. The molecule has 2 heterocycles. The van der Waals surface area contributed by atoms with Gasteiger partial charge in [0.15, 0.2) is 10.9 Å². The fourth-order valence-electron chi connectivity index (χ4n) is 3.08. The Morgan fingerprint density at radius 3 is 2.61 bits per heavy atom. The van der Waals surface area contributed by atoms with Gasteiger partial charge in [0.2, 0.25) is 11.7 Å². The molecule has 0 unspecified atom stereocenters. The molecule has 4 rings (SSSR count). The van der Waals surface area contributed by atoms with Gasteiger partial charge in [0.25, 0.3) is 0 Å². The average molecular weight is 467 g/mol. The van der Waals surface area contributed by atoms with Crippen molar-refractivity contribution in [2.24, 2.45) is 0 Å². The summed E-state index contributed by atoms with van der Waals surface area (Å²) in [5.41, 5.74) is 1.09. The molecule has 2 aromatic heterocycles. The van der Waals surface area contributed by atoms with E-state index in [1.165, 1.54) is 23.9 Å². The average Bonchev–Trinajstić information content (AvgIpc) is 3.49. The quantitative estimate of drug-likeness (QED) is 0.324. The Bertz CT molecular complexity index is 1160. The first-order valence-electron chi connectivity index (χ1n) is 10.4. The number of hydrogen-bond donors (Lipinski definition) is 0. The molecule has 0 aliphatic carbocycles. The van der Waals surface area contributed by atoms with Crippen LogP contribution in [0.1, 0.15) is 5.56 Å². The summed E-state index contributed by atoms with van der Waals surface area (Å²) in [7, 11) is 1.72. The third-order valence-corrected chi connectivity index (χ3v) is 5.85. The van der Waals surface area contributed by atoms with Gasteiger partial charge in [-0.2, -0.15) is 0 Å². The van der Waals surface area contributed by atoms with Crippen LogP contribution in [-0.2, 0) is 11.3 Å². The lowest BCUT2D eigenvalue weighted by Gasteiger charge is -2.17. The number of thioether (sulfide) groups is 1. The van der Waals surface area contributed by atoms with E-state index in [1.807, 2.05) is 41.0 Å². The number of likely N-dealkylation sites (N-methyl/N-ethyl adjacent to an activating group) is 1. The molecule has 0 spiro atoms. The van der Waals surface area contributed by atoms with Gasteiger partial charge in [0.1, 0.15) is 18.2 Å². The fraction of sp³-hybridized carbons (Fsp3) is 0.208. The molecule has 4 aromatic rings. The van der Waals surface area contributed by atoms with Crippen LogP contribution >= 0.6 is 11.8 Å². The van der Waals surface area contributed by atoms with Crippen LogP contribution in [-0.4, -0.2) is 51.5 Å². The molecule has 0 aliphatic heterocycles.